The lowest BCUT2D eigenvalue weighted by molar-refractivity contribution is -0.134. The molecule has 25 heavy (non-hydrogen) atoms. The fraction of sp³-hybridized carbons (Fsp3) is 0.619. The second kappa shape index (κ2) is 6.15. The highest BCUT2D eigenvalue weighted by Crippen LogP contribution is 2.61. The molecule has 1 aromatic rings. The predicted octanol–water partition coefficient (Wildman–Crippen LogP) is 3.06. The van der Waals surface area contributed by atoms with Crippen LogP contribution in [0.15, 0.2) is 24.3 Å². The number of benzene rings is 1. The summed E-state index contributed by atoms with van der Waals surface area (Å²) in [5.74, 6) is 2.06. The monoisotopic (exact) mass is 340 g/mol. The van der Waals surface area contributed by atoms with Crippen molar-refractivity contribution in [2.24, 2.45) is 23.2 Å². The Kier molecular flexibility index (Phi) is 4.09. The molecule has 134 valence electrons. The van der Waals surface area contributed by atoms with Gasteiger partial charge in [-0.05, 0) is 75.3 Å². The van der Waals surface area contributed by atoms with Gasteiger partial charge < -0.3 is 10.6 Å². The van der Waals surface area contributed by atoms with Gasteiger partial charge in [0, 0.05) is 18.0 Å². The summed E-state index contributed by atoms with van der Waals surface area (Å²) in [4.78, 5) is 25.5. The quantitative estimate of drug-likeness (QED) is 0.885. The van der Waals surface area contributed by atoms with E-state index in [-0.39, 0.29) is 17.2 Å². The van der Waals surface area contributed by atoms with E-state index in [1.807, 2.05) is 31.2 Å². The van der Waals surface area contributed by atoms with Crippen LogP contribution in [0.5, 0.6) is 0 Å². The van der Waals surface area contributed by atoms with Gasteiger partial charge in [-0.15, -0.1) is 0 Å². The molecule has 5 rings (SSSR count). The zero-order valence-corrected chi connectivity index (χ0v) is 15.2. The summed E-state index contributed by atoms with van der Waals surface area (Å²) in [6.45, 7) is 2.00. The molecule has 4 heteroatoms. The van der Waals surface area contributed by atoms with Crippen molar-refractivity contribution in [3.8, 4) is 0 Å². The summed E-state index contributed by atoms with van der Waals surface area (Å²) in [7, 11) is 1.67. The van der Waals surface area contributed by atoms with Gasteiger partial charge in [0.2, 0.25) is 5.91 Å². The summed E-state index contributed by atoms with van der Waals surface area (Å²) >= 11 is 0. The van der Waals surface area contributed by atoms with E-state index in [2.05, 4.69) is 10.6 Å². The predicted molar refractivity (Wildman–Crippen MR) is 97.1 cm³/mol. The summed E-state index contributed by atoms with van der Waals surface area (Å²) in [5.41, 5.74) is 1.71. The van der Waals surface area contributed by atoms with Crippen molar-refractivity contribution in [2.75, 3.05) is 7.05 Å². The number of hydrogen-bond donors (Lipinski definition) is 2. The van der Waals surface area contributed by atoms with Crippen molar-refractivity contribution in [1.29, 1.82) is 0 Å². The topological polar surface area (TPSA) is 58.2 Å². The highest BCUT2D eigenvalue weighted by Gasteiger charge is 2.56. The molecule has 4 nitrogen and oxygen atoms in total. The number of aryl methyl sites for hydroxylation is 1. The maximum absolute atomic E-state index is 12.8. The van der Waals surface area contributed by atoms with Crippen molar-refractivity contribution in [3.63, 3.8) is 0 Å². The lowest BCUT2D eigenvalue weighted by Crippen LogP contribution is -2.61. The Balaban J connectivity index is 1.59. The molecule has 0 heterocycles. The van der Waals surface area contributed by atoms with Gasteiger partial charge in [-0.25, -0.2) is 0 Å². The van der Waals surface area contributed by atoms with E-state index in [9.17, 15) is 9.59 Å². The number of amides is 2. The average molecular weight is 340 g/mol. The highest BCUT2D eigenvalue weighted by atomic mass is 16.2. The van der Waals surface area contributed by atoms with E-state index in [4.69, 9.17) is 0 Å². The zero-order valence-electron chi connectivity index (χ0n) is 15.2. The largest absolute Gasteiger partial charge is 0.357 e. The van der Waals surface area contributed by atoms with Crippen LogP contribution in [0.4, 0.5) is 0 Å². The molecular weight excluding hydrogens is 312 g/mol. The number of nitrogens with one attached hydrogen (secondary N) is 2. The van der Waals surface area contributed by atoms with E-state index in [1.54, 1.807) is 7.05 Å². The first-order chi connectivity index (χ1) is 12.0. The molecule has 4 saturated carbocycles. The fourth-order valence-electron chi connectivity index (χ4n) is 6.09. The molecule has 1 atom stereocenters. The van der Waals surface area contributed by atoms with Gasteiger partial charge in [-0.1, -0.05) is 17.7 Å². The average Bonchev–Trinajstić information content (AvgIpc) is 2.58. The Hall–Kier alpha value is -1.84. The Morgan fingerprint density at radius 2 is 1.52 bits per heavy atom. The Morgan fingerprint density at radius 1 is 1.00 bits per heavy atom. The number of carbonyl (C=O) groups excluding carboxylic acids is 2. The van der Waals surface area contributed by atoms with Crippen LogP contribution in [-0.4, -0.2) is 24.9 Å². The third-order valence-corrected chi connectivity index (χ3v) is 6.80. The lowest BCUT2D eigenvalue weighted by atomic mass is 9.47. The summed E-state index contributed by atoms with van der Waals surface area (Å²) in [5, 5.41) is 5.91. The van der Waals surface area contributed by atoms with Crippen molar-refractivity contribution in [2.45, 2.75) is 51.5 Å². The number of rotatable bonds is 4. The minimum Gasteiger partial charge on any atom is -0.357 e. The van der Waals surface area contributed by atoms with Crippen LogP contribution in [0.3, 0.4) is 0 Å². The molecule has 0 saturated heterocycles. The van der Waals surface area contributed by atoms with Gasteiger partial charge in [-0.2, -0.15) is 0 Å². The lowest BCUT2D eigenvalue weighted by Gasteiger charge is -2.58. The van der Waals surface area contributed by atoms with Crippen LogP contribution in [0, 0.1) is 30.1 Å². The number of likely N-dealkylation sites (N-methyl/N-ethyl adjacent to an activating group) is 1. The molecule has 1 aromatic carbocycles. The Morgan fingerprint density at radius 3 is 2.00 bits per heavy atom. The van der Waals surface area contributed by atoms with Crippen LogP contribution in [-0.2, 0) is 4.79 Å². The maximum Gasteiger partial charge on any atom is 0.251 e. The van der Waals surface area contributed by atoms with E-state index in [0.29, 0.717) is 5.56 Å². The molecule has 0 aliphatic heterocycles. The van der Waals surface area contributed by atoms with E-state index in [0.717, 1.165) is 42.6 Å². The van der Waals surface area contributed by atoms with E-state index >= 15 is 0 Å². The van der Waals surface area contributed by atoms with Gasteiger partial charge >= 0.3 is 0 Å². The molecule has 0 unspecified atom stereocenters. The first-order valence-corrected chi connectivity index (χ1v) is 9.58. The Bertz CT molecular complexity index is 644. The second-order valence-corrected chi connectivity index (χ2v) is 8.67. The first-order valence-electron chi connectivity index (χ1n) is 9.58. The summed E-state index contributed by atoms with van der Waals surface area (Å²) in [6, 6.07) is 7.14. The molecule has 0 radical (unpaired) electrons. The van der Waals surface area contributed by atoms with Gasteiger partial charge in [0.15, 0.2) is 0 Å². The standard InChI is InChI=1S/C21H28N2O2/c1-13-3-5-17(6-4-13)19(24)23-18(20(25)22-2)21-10-14-7-15(11-21)9-16(8-14)12-21/h3-6,14-16,18H,7-12H2,1-2H3,(H,22,25)(H,23,24)/t14?,15?,16?,18-,21?/m0/s1. The molecule has 4 bridgehead atoms. The van der Waals surface area contributed by atoms with Crippen molar-refractivity contribution >= 4 is 11.8 Å². The van der Waals surface area contributed by atoms with Gasteiger partial charge in [-0.3, -0.25) is 9.59 Å². The summed E-state index contributed by atoms with van der Waals surface area (Å²) < 4.78 is 0. The smallest absolute Gasteiger partial charge is 0.251 e. The van der Waals surface area contributed by atoms with Crippen molar-refractivity contribution in [1.82, 2.24) is 10.6 Å². The van der Waals surface area contributed by atoms with E-state index < -0.39 is 6.04 Å². The molecule has 4 aliphatic rings. The van der Waals surface area contributed by atoms with Crippen LogP contribution >= 0.6 is 0 Å². The number of carbonyl (C=O) groups is 2. The second-order valence-electron chi connectivity index (χ2n) is 8.67. The van der Waals surface area contributed by atoms with Crippen LogP contribution in [0.2, 0.25) is 0 Å². The molecule has 2 N–H and O–H groups in total. The van der Waals surface area contributed by atoms with Crippen molar-refractivity contribution < 1.29 is 9.59 Å². The first kappa shape index (κ1) is 16.6. The molecule has 4 fully saturated rings. The van der Waals surface area contributed by atoms with Crippen LogP contribution in [0.25, 0.3) is 0 Å². The normalized spacial score (nSPS) is 33.8. The molecule has 0 spiro atoms. The summed E-state index contributed by atoms with van der Waals surface area (Å²) in [6.07, 6.45) is 7.24. The zero-order chi connectivity index (χ0) is 17.6. The van der Waals surface area contributed by atoms with Crippen LogP contribution in [0.1, 0.15) is 54.4 Å². The highest BCUT2D eigenvalue weighted by molar-refractivity contribution is 5.97. The third kappa shape index (κ3) is 2.96. The minimum absolute atomic E-state index is 0.0394. The maximum atomic E-state index is 12.8. The van der Waals surface area contributed by atoms with Gasteiger partial charge in [0.1, 0.15) is 6.04 Å². The molecule has 2 amide bonds. The molecule has 4 aliphatic carbocycles. The van der Waals surface area contributed by atoms with E-state index in [1.165, 1.54) is 19.3 Å². The Labute approximate surface area is 149 Å². The van der Waals surface area contributed by atoms with Gasteiger partial charge in [0.25, 0.3) is 5.91 Å². The fourth-order valence-corrected chi connectivity index (χ4v) is 6.09. The minimum atomic E-state index is -0.417. The third-order valence-electron chi connectivity index (χ3n) is 6.80. The van der Waals surface area contributed by atoms with Crippen molar-refractivity contribution in [3.05, 3.63) is 35.4 Å². The SMILES string of the molecule is CNC(=O)[C@H](NC(=O)c1ccc(C)cc1)C12CC3CC(CC(C3)C1)C2. The van der Waals surface area contributed by atoms with Crippen LogP contribution < -0.4 is 10.6 Å². The molecule has 0 aromatic heterocycles. The molecular formula is C21H28N2O2. The van der Waals surface area contributed by atoms with Gasteiger partial charge in [0.05, 0.1) is 0 Å². The number of hydrogen-bond acceptors (Lipinski definition) is 2.